The summed E-state index contributed by atoms with van der Waals surface area (Å²) in [6.45, 7) is 8.84. The summed E-state index contributed by atoms with van der Waals surface area (Å²) in [6.07, 6.45) is -3.67. The molecule has 37 heavy (non-hydrogen) atoms. The number of alkyl halides is 2. The minimum absolute atomic E-state index is 0.0488. The van der Waals surface area contributed by atoms with Crippen molar-refractivity contribution in [1.82, 2.24) is 34.7 Å². The number of para-hydroxylation sites is 2. The molecule has 5 rings (SSSR count). The Morgan fingerprint density at radius 1 is 1.08 bits per heavy atom. The monoisotopic (exact) mass is 516 g/mol. The summed E-state index contributed by atoms with van der Waals surface area (Å²) in [6, 6.07) is 6.87. The van der Waals surface area contributed by atoms with E-state index in [1.165, 1.54) is 4.57 Å². The molecular weight excluding hydrogens is 486 g/mol. The van der Waals surface area contributed by atoms with Gasteiger partial charge in [0.05, 0.1) is 17.6 Å². The lowest BCUT2D eigenvalue weighted by Crippen LogP contribution is -2.50. The Balaban J connectivity index is 1.50. The van der Waals surface area contributed by atoms with E-state index < -0.39 is 24.0 Å². The van der Waals surface area contributed by atoms with Crippen LogP contribution < -0.4 is 10.2 Å². The summed E-state index contributed by atoms with van der Waals surface area (Å²) in [4.78, 5) is 34.0. The molecular formula is C24H30F2N8O3. The molecule has 0 spiro atoms. The number of imidazole rings is 1. The minimum atomic E-state index is -2.83. The number of piperazine rings is 1. The van der Waals surface area contributed by atoms with Crippen molar-refractivity contribution in [3.63, 3.8) is 0 Å². The van der Waals surface area contributed by atoms with E-state index in [0.717, 1.165) is 0 Å². The van der Waals surface area contributed by atoms with Crippen molar-refractivity contribution in [2.24, 2.45) is 0 Å². The summed E-state index contributed by atoms with van der Waals surface area (Å²) in [5.41, 5.74) is 0.303. The predicted molar refractivity (Wildman–Crippen MR) is 131 cm³/mol. The Hall–Kier alpha value is -3.45. The van der Waals surface area contributed by atoms with Crippen molar-refractivity contribution >= 4 is 23.1 Å². The zero-order chi connectivity index (χ0) is 26.2. The van der Waals surface area contributed by atoms with Crippen LogP contribution in [0.5, 0.6) is 0 Å². The number of aromatic nitrogens is 5. The van der Waals surface area contributed by atoms with Crippen LogP contribution >= 0.6 is 0 Å². The number of nitrogens with zero attached hydrogens (tertiary/aromatic N) is 7. The second kappa shape index (κ2) is 10.1. The molecule has 0 saturated carbocycles. The Labute approximate surface area is 212 Å². The molecule has 1 unspecified atom stereocenters. The van der Waals surface area contributed by atoms with Crippen molar-refractivity contribution in [3.8, 4) is 5.95 Å². The molecule has 1 aromatic carbocycles. The van der Waals surface area contributed by atoms with Crippen LogP contribution in [0.25, 0.3) is 17.0 Å². The highest BCUT2D eigenvalue weighted by Crippen LogP contribution is 2.28. The van der Waals surface area contributed by atoms with E-state index in [1.54, 1.807) is 29.2 Å². The van der Waals surface area contributed by atoms with Crippen molar-refractivity contribution in [3.05, 3.63) is 35.9 Å². The van der Waals surface area contributed by atoms with Gasteiger partial charge < -0.3 is 24.6 Å². The molecule has 0 aliphatic carbocycles. The van der Waals surface area contributed by atoms with E-state index in [2.05, 4.69) is 25.3 Å². The predicted octanol–water partition coefficient (Wildman–Crippen LogP) is 2.87. The Kier molecular flexibility index (Phi) is 6.90. The highest BCUT2D eigenvalue weighted by atomic mass is 19.3. The van der Waals surface area contributed by atoms with Gasteiger partial charge in [-0.25, -0.2) is 18.6 Å². The fraction of sp³-hybridized carbons (Fsp3) is 0.542. The van der Waals surface area contributed by atoms with Crippen LogP contribution in [0.15, 0.2) is 24.3 Å². The van der Waals surface area contributed by atoms with E-state index in [-0.39, 0.29) is 12.0 Å². The van der Waals surface area contributed by atoms with Crippen LogP contribution in [0.3, 0.4) is 0 Å². The average molecular weight is 517 g/mol. The normalized spacial score (nSPS) is 19.0. The third kappa shape index (κ3) is 5.47. The van der Waals surface area contributed by atoms with Gasteiger partial charge >= 0.3 is 6.09 Å². The first kappa shape index (κ1) is 25.2. The smallest absolute Gasteiger partial charge is 0.410 e. The van der Waals surface area contributed by atoms with Crippen LogP contribution in [0, 0.1) is 0 Å². The molecule has 11 nitrogen and oxygen atoms in total. The lowest BCUT2D eigenvalue weighted by molar-refractivity contribution is 0.0218. The molecule has 2 saturated heterocycles. The van der Waals surface area contributed by atoms with Crippen LogP contribution in [0.1, 0.15) is 44.9 Å². The molecule has 1 amide bonds. The van der Waals surface area contributed by atoms with Gasteiger partial charge in [0.1, 0.15) is 11.7 Å². The number of hydrogen-bond acceptors (Lipinski definition) is 9. The van der Waals surface area contributed by atoms with Crippen LogP contribution in [-0.4, -0.2) is 87.0 Å². The molecule has 2 fully saturated rings. The first-order valence-electron chi connectivity index (χ1n) is 12.3. The average Bonchev–Trinajstić information content (AvgIpc) is 3.28. The van der Waals surface area contributed by atoms with Crippen molar-refractivity contribution < 1.29 is 23.0 Å². The number of morpholine rings is 1. The number of amides is 1. The third-order valence-electron chi connectivity index (χ3n) is 6.04. The number of ether oxygens (including phenoxy) is 2. The quantitative estimate of drug-likeness (QED) is 0.560. The maximum atomic E-state index is 14.0. The number of rotatable bonds is 4. The number of anilines is 1. The number of hydrogen-bond donors (Lipinski definition) is 1. The van der Waals surface area contributed by atoms with Gasteiger partial charge in [-0.15, -0.1) is 0 Å². The van der Waals surface area contributed by atoms with Gasteiger partial charge in [0.25, 0.3) is 6.43 Å². The molecule has 2 aliphatic rings. The van der Waals surface area contributed by atoms with E-state index >= 15 is 0 Å². The lowest BCUT2D eigenvalue weighted by Gasteiger charge is -2.35. The van der Waals surface area contributed by atoms with E-state index in [4.69, 9.17) is 9.47 Å². The third-order valence-corrected chi connectivity index (χ3v) is 6.04. The number of fused-ring (bicyclic) bond motifs is 1. The fourth-order valence-corrected chi connectivity index (χ4v) is 4.30. The summed E-state index contributed by atoms with van der Waals surface area (Å²) in [5.74, 6) is 0.283. The first-order valence-corrected chi connectivity index (χ1v) is 12.3. The molecule has 3 aromatic rings. The van der Waals surface area contributed by atoms with Gasteiger partial charge in [-0.1, -0.05) is 12.1 Å². The number of carbonyl (C=O) groups excluding carboxylic acids is 1. The van der Waals surface area contributed by atoms with Crippen LogP contribution in [-0.2, 0) is 9.47 Å². The fourth-order valence-electron chi connectivity index (χ4n) is 4.30. The van der Waals surface area contributed by atoms with Gasteiger partial charge in [0.15, 0.2) is 11.6 Å². The minimum Gasteiger partial charge on any atom is -0.444 e. The highest BCUT2D eigenvalue weighted by molar-refractivity contribution is 5.77. The highest BCUT2D eigenvalue weighted by Gasteiger charge is 2.30. The number of benzene rings is 1. The lowest BCUT2D eigenvalue weighted by atomic mass is 10.2. The van der Waals surface area contributed by atoms with Gasteiger partial charge in [0, 0.05) is 39.3 Å². The van der Waals surface area contributed by atoms with Crippen LogP contribution in [0.2, 0.25) is 0 Å². The molecule has 2 aliphatic heterocycles. The summed E-state index contributed by atoms with van der Waals surface area (Å²) in [7, 11) is 0. The van der Waals surface area contributed by atoms with Gasteiger partial charge in [-0.05, 0) is 32.9 Å². The second-order valence-electron chi connectivity index (χ2n) is 9.91. The van der Waals surface area contributed by atoms with Gasteiger partial charge in [0.2, 0.25) is 11.9 Å². The maximum Gasteiger partial charge on any atom is 0.410 e. The zero-order valence-electron chi connectivity index (χ0n) is 21.0. The molecule has 0 radical (unpaired) electrons. The Morgan fingerprint density at radius 2 is 1.81 bits per heavy atom. The van der Waals surface area contributed by atoms with E-state index in [9.17, 15) is 13.6 Å². The van der Waals surface area contributed by atoms with E-state index in [0.29, 0.717) is 68.7 Å². The van der Waals surface area contributed by atoms with Gasteiger partial charge in [-0.2, -0.15) is 15.0 Å². The molecule has 2 aromatic heterocycles. The number of nitrogens with one attached hydrogen (secondary N) is 1. The maximum absolute atomic E-state index is 14.0. The van der Waals surface area contributed by atoms with Crippen molar-refractivity contribution in [2.75, 3.05) is 50.8 Å². The second-order valence-corrected chi connectivity index (χ2v) is 9.91. The number of halogens is 2. The van der Waals surface area contributed by atoms with Crippen molar-refractivity contribution in [1.29, 1.82) is 0 Å². The van der Waals surface area contributed by atoms with Gasteiger partial charge in [-0.3, -0.25) is 4.57 Å². The summed E-state index contributed by atoms with van der Waals surface area (Å²) >= 11 is 0. The topological polar surface area (TPSA) is 111 Å². The van der Waals surface area contributed by atoms with Crippen molar-refractivity contribution in [2.45, 2.75) is 38.9 Å². The zero-order valence-corrected chi connectivity index (χ0v) is 21.0. The standard InChI is InChI=1S/C24H30F2N8O3/c1-24(2,3)37-23(35)33-11-9-32(10-12-33)21-29-19(17-14-27-8-13-36-17)30-22(31-21)34-16-7-5-4-6-15(16)28-20(34)18(25)26/h4-7,17-18,27H,8-14H2,1-3H3. The Morgan fingerprint density at radius 3 is 2.49 bits per heavy atom. The molecule has 198 valence electrons. The molecule has 1 N–H and O–H groups in total. The molecule has 4 heterocycles. The summed E-state index contributed by atoms with van der Waals surface area (Å²) in [5, 5.41) is 3.25. The molecule has 0 bridgehead atoms. The SMILES string of the molecule is CC(C)(C)OC(=O)N1CCN(c2nc(C3CNCCO3)nc(-n3c(C(F)F)nc4ccccc43)n2)CC1. The summed E-state index contributed by atoms with van der Waals surface area (Å²) < 4.78 is 40.7. The molecule has 1 atom stereocenters. The number of carbonyl (C=O) groups is 1. The molecule has 13 heteroatoms. The van der Waals surface area contributed by atoms with Crippen LogP contribution in [0.4, 0.5) is 19.5 Å². The van der Waals surface area contributed by atoms with E-state index in [1.807, 2.05) is 25.7 Å². The first-order chi connectivity index (χ1) is 17.7. The largest absolute Gasteiger partial charge is 0.444 e. The Bertz CT molecular complexity index is 1260.